The third kappa shape index (κ3) is 5.03. The van der Waals surface area contributed by atoms with E-state index in [0.717, 1.165) is 0 Å². The van der Waals surface area contributed by atoms with Crippen molar-refractivity contribution in [2.24, 2.45) is 5.14 Å². The first kappa shape index (κ1) is 20.6. The topological polar surface area (TPSA) is 109 Å². The Morgan fingerprint density at radius 3 is 2.21 bits per heavy atom. The molecule has 1 heterocycles. The average molecular weight is 428 g/mol. The number of nitrogens with zero attached hydrogens (tertiary/aromatic N) is 3. The first-order valence-electron chi connectivity index (χ1n) is 8.01. The van der Waals surface area contributed by atoms with Crippen molar-refractivity contribution in [3.63, 3.8) is 0 Å². The van der Waals surface area contributed by atoms with Gasteiger partial charge in [-0.25, -0.2) is 18.2 Å². The molecule has 8 nitrogen and oxygen atoms in total. The lowest BCUT2D eigenvalue weighted by atomic mass is 10.2. The van der Waals surface area contributed by atoms with E-state index in [1.54, 1.807) is 24.3 Å². The number of hydrogen-bond donors (Lipinski definition) is 1. The van der Waals surface area contributed by atoms with Gasteiger partial charge in [0.25, 0.3) is 0 Å². The predicted molar refractivity (Wildman–Crippen MR) is 96.3 cm³/mol. The highest BCUT2D eigenvalue weighted by Gasteiger charge is 2.29. The molecule has 0 aliphatic carbocycles. The summed E-state index contributed by atoms with van der Waals surface area (Å²) in [4.78, 5) is 3.91. The maximum Gasteiger partial charge on any atom is 0.422 e. The van der Waals surface area contributed by atoms with Gasteiger partial charge in [-0.1, -0.05) is 0 Å². The van der Waals surface area contributed by atoms with Crippen LogP contribution in [0.25, 0.3) is 17.1 Å². The number of methoxy groups -OCH3 is 1. The number of halogens is 3. The van der Waals surface area contributed by atoms with Crippen molar-refractivity contribution in [2.75, 3.05) is 13.7 Å². The highest BCUT2D eigenvalue weighted by Crippen LogP contribution is 2.26. The molecule has 0 aliphatic rings. The molecule has 0 unspecified atom stereocenters. The van der Waals surface area contributed by atoms with Crippen LogP contribution in [-0.2, 0) is 10.0 Å². The maximum absolute atomic E-state index is 12.5. The SMILES string of the molecule is COc1ccc(-c2nc(OCC(F)(F)F)nn2-c2ccc(S(N)(=O)=O)cc2)cc1. The minimum absolute atomic E-state index is 0.124. The van der Waals surface area contributed by atoms with Crippen LogP contribution in [0.5, 0.6) is 11.8 Å². The minimum atomic E-state index is -4.55. The predicted octanol–water partition coefficient (Wildman–Crippen LogP) is 2.53. The summed E-state index contributed by atoms with van der Waals surface area (Å²) >= 11 is 0. The molecule has 0 fully saturated rings. The van der Waals surface area contributed by atoms with Crippen molar-refractivity contribution in [2.45, 2.75) is 11.1 Å². The summed E-state index contributed by atoms with van der Waals surface area (Å²) in [5, 5.41) is 9.04. The third-order valence-corrected chi connectivity index (χ3v) is 4.64. The highest BCUT2D eigenvalue weighted by molar-refractivity contribution is 7.89. The molecule has 0 saturated carbocycles. The second kappa shape index (κ2) is 7.72. The molecular weight excluding hydrogens is 413 g/mol. The lowest BCUT2D eigenvalue weighted by Crippen LogP contribution is -2.19. The van der Waals surface area contributed by atoms with Crippen molar-refractivity contribution in [1.29, 1.82) is 0 Å². The molecule has 3 rings (SSSR count). The van der Waals surface area contributed by atoms with Crippen molar-refractivity contribution in [1.82, 2.24) is 14.8 Å². The van der Waals surface area contributed by atoms with E-state index in [0.29, 0.717) is 17.0 Å². The van der Waals surface area contributed by atoms with E-state index in [1.165, 1.54) is 36.1 Å². The standard InChI is InChI=1S/C17H15F3N4O4S/c1-27-13-6-2-11(3-7-13)15-22-16(28-10-17(18,19)20)23-24(15)12-4-8-14(9-5-12)29(21,25)26/h2-9H,10H2,1H3,(H2,21,25,26). The molecule has 0 aliphatic heterocycles. The van der Waals surface area contributed by atoms with E-state index in [2.05, 4.69) is 14.8 Å². The van der Waals surface area contributed by atoms with Crippen LogP contribution < -0.4 is 14.6 Å². The highest BCUT2D eigenvalue weighted by atomic mass is 32.2. The Labute approximate surface area is 163 Å². The number of rotatable bonds is 6. The van der Waals surface area contributed by atoms with Gasteiger partial charge in [0.05, 0.1) is 17.7 Å². The molecule has 12 heteroatoms. The van der Waals surface area contributed by atoms with Gasteiger partial charge in [-0.15, -0.1) is 5.10 Å². The van der Waals surface area contributed by atoms with Crippen LogP contribution in [-0.4, -0.2) is 43.1 Å². The summed E-state index contributed by atoms with van der Waals surface area (Å²) in [5.41, 5.74) is 0.869. The van der Waals surface area contributed by atoms with Crippen molar-refractivity contribution < 1.29 is 31.1 Å². The van der Waals surface area contributed by atoms with Gasteiger partial charge in [0.1, 0.15) is 5.75 Å². The van der Waals surface area contributed by atoms with Gasteiger partial charge < -0.3 is 9.47 Å². The Bertz CT molecular complexity index is 1100. The lowest BCUT2D eigenvalue weighted by molar-refractivity contribution is -0.154. The molecule has 2 N–H and O–H groups in total. The van der Waals surface area contributed by atoms with Crippen LogP contribution in [0.3, 0.4) is 0 Å². The minimum Gasteiger partial charge on any atom is -0.497 e. The lowest BCUT2D eigenvalue weighted by Gasteiger charge is -2.07. The second-order valence-electron chi connectivity index (χ2n) is 5.80. The zero-order chi connectivity index (χ0) is 21.2. The van der Waals surface area contributed by atoms with E-state index in [-0.39, 0.29) is 10.7 Å². The zero-order valence-corrected chi connectivity index (χ0v) is 15.7. The quantitative estimate of drug-likeness (QED) is 0.646. The van der Waals surface area contributed by atoms with Crippen LogP contribution in [0.1, 0.15) is 0 Å². The van der Waals surface area contributed by atoms with E-state index >= 15 is 0 Å². The number of sulfonamides is 1. The van der Waals surface area contributed by atoms with E-state index in [4.69, 9.17) is 9.88 Å². The smallest absolute Gasteiger partial charge is 0.422 e. The van der Waals surface area contributed by atoms with E-state index in [1.807, 2.05) is 0 Å². The fourth-order valence-electron chi connectivity index (χ4n) is 2.38. The summed E-state index contributed by atoms with van der Waals surface area (Å²) in [6.07, 6.45) is -4.55. The summed E-state index contributed by atoms with van der Waals surface area (Å²) in [7, 11) is -2.41. The van der Waals surface area contributed by atoms with Gasteiger partial charge in [-0.2, -0.15) is 18.2 Å². The Morgan fingerprint density at radius 2 is 1.69 bits per heavy atom. The van der Waals surface area contributed by atoms with Crippen molar-refractivity contribution in [3.05, 3.63) is 48.5 Å². The normalized spacial score (nSPS) is 12.0. The van der Waals surface area contributed by atoms with Crippen LogP contribution in [0.2, 0.25) is 0 Å². The number of benzene rings is 2. The zero-order valence-electron chi connectivity index (χ0n) is 14.9. The maximum atomic E-state index is 12.5. The van der Waals surface area contributed by atoms with Crippen molar-refractivity contribution in [3.8, 4) is 28.8 Å². The van der Waals surface area contributed by atoms with Gasteiger partial charge in [0, 0.05) is 5.56 Å². The second-order valence-corrected chi connectivity index (χ2v) is 7.36. The number of aromatic nitrogens is 3. The Morgan fingerprint density at radius 1 is 1.07 bits per heavy atom. The molecule has 154 valence electrons. The first-order chi connectivity index (χ1) is 13.6. The number of nitrogens with two attached hydrogens (primary N) is 1. The number of primary sulfonamides is 1. The molecule has 29 heavy (non-hydrogen) atoms. The molecule has 0 spiro atoms. The van der Waals surface area contributed by atoms with Gasteiger partial charge in [-0.3, -0.25) is 0 Å². The van der Waals surface area contributed by atoms with Crippen LogP contribution in [0.4, 0.5) is 13.2 Å². The molecule has 0 atom stereocenters. The van der Waals surface area contributed by atoms with Gasteiger partial charge in [-0.05, 0) is 48.5 Å². The Kier molecular flexibility index (Phi) is 5.48. The molecule has 3 aromatic rings. The fraction of sp³-hybridized carbons (Fsp3) is 0.176. The average Bonchev–Trinajstić information content (AvgIpc) is 3.10. The summed E-state index contributed by atoms with van der Waals surface area (Å²) < 4.78 is 71.2. The van der Waals surface area contributed by atoms with Crippen molar-refractivity contribution >= 4 is 10.0 Å². The van der Waals surface area contributed by atoms with E-state index < -0.39 is 28.8 Å². The largest absolute Gasteiger partial charge is 0.497 e. The third-order valence-electron chi connectivity index (χ3n) is 3.71. The molecule has 0 radical (unpaired) electrons. The molecule has 0 bridgehead atoms. The molecule has 0 amide bonds. The summed E-state index contributed by atoms with van der Waals surface area (Å²) in [6.45, 7) is -1.55. The monoisotopic (exact) mass is 428 g/mol. The number of alkyl halides is 3. The molecule has 2 aromatic carbocycles. The Balaban J connectivity index is 2.04. The molecule has 0 saturated heterocycles. The van der Waals surface area contributed by atoms with E-state index in [9.17, 15) is 21.6 Å². The van der Waals surface area contributed by atoms with Crippen LogP contribution >= 0.6 is 0 Å². The van der Waals surface area contributed by atoms with Gasteiger partial charge in [0.15, 0.2) is 12.4 Å². The van der Waals surface area contributed by atoms with Crippen LogP contribution in [0, 0.1) is 0 Å². The van der Waals surface area contributed by atoms with Gasteiger partial charge in [0.2, 0.25) is 10.0 Å². The van der Waals surface area contributed by atoms with Crippen LogP contribution in [0.15, 0.2) is 53.4 Å². The molecular formula is C17H15F3N4O4S. The Hall–Kier alpha value is -3.12. The van der Waals surface area contributed by atoms with Gasteiger partial charge >= 0.3 is 12.2 Å². The number of ether oxygens (including phenoxy) is 2. The summed E-state index contributed by atoms with van der Waals surface area (Å²) in [6, 6.07) is 11.4. The summed E-state index contributed by atoms with van der Waals surface area (Å²) in [5.74, 6) is 0.763. The molecule has 1 aromatic heterocycles. The number of hydrogen-bond acceptors (Lipinski definition) is 6. The first-order valence-corrected chi connectivity index (χ1v) is 9.56. The fourth-order valence-corrected chi connectivity index (χ4v) is 2.90.